The topological polar surface area (TPSA) is 83.4 Å². The van der Waals surface area contributed by atoms with Crippen LogP contribution in [0.3, 0.4) is 0 Å². The van der Waals surface area contributed by atoms with Gasteiger partial charge in [-0.2, -0.15) is 0 Å². The van der Waals surface area contributed by atoms with Gasteiger partial charge in [0.05, 0.1) is 18.7 Å². The quantitative estimate of drug-likeness (QED) is 0.260. The van der Waals surface area contributed by atoms with Gasteiger partial charge in [-0.1, -0.05) is 31.4 Å². The number of nitrogens with zero attached hydrogens (tertiary/aromatic N) is 6. The number of urea groups is 1. The molecule has 11 heteroatoms. The second-order valence-corrected chi connectivity index (χ2v) is 12.0. The highest BCUT2D eigenvalue weighted by molar-refractivity contribution is 6.35. The van der Waals surface area contributed by atoms with E-state index in [4.69, 9.17) is 21.1 Å². The molecule has 0 saturated carbocycles. The number of hydrogen-bond acceptors (Lipinski definition) is 6. The van der Waals surface area contributed by atoms with E-state index < -0.39 is 0 Å². The van der Waals surface area contributed by atoms with E-state index in [2.05, 4.69) is 16.8 Å². The lowest BCUT2D eigenvalue weighted by Gasteiger charge is -2.36. The number of carbonyl (C=O) groups is 2. The number of fused-ring (bicyclic) bond motifs is 1. The van der Waals surface area contributed by atoms with Crippen LogP contribution < -0.4 is 14.4 Å². The summed E-state index contributed by atoms with van der Waals surface area (Å²) in [4.78, 5) is 39.2. The molecule has 5 rings (SSSR count). The maximum absolute atomic E-state index is 13.8. The minimum absolute atomic E-state index is 0.0557. The summed E-state index contributed by atoms with van der Waals surface area (Å²) in [6.07, 6.45) is 8.49. The summed E-state index contributed by atoms with van der Waals surface area (Å²) in [5.41, 5.74) is 2.34. The SMILES string of the molecule is CCCCCOc1cc(N2CCCN(Cc3ccnc4c3c(Cl)cn4CC(=O)N3CC[C@@H](N(C)C)C3)C2=O)ccc1OC. The van der Waals surface area contributed by atoms with Crippen LogP contribution in [0.5, 0.6) is 11.5 Å². The van der Waals surface area contributed by atoms with Gasteiger partial charge in [-0.25, -0.2) is 9.78 Å². The molecule has 2 saturated heterocycles. The summed E-state index contributed by atoms with van der Waals surface area (Å²) < 4.78 is 13.4. The molecule has 0 radical (unpaired) electrons. The molecule has 0 unspecified atom stereocenters. The molecule has 0 aliphatic carbocycles. The lowest BCUT2D eigenvalue weighted by Crippen LogP contribution is -2.49. The van der Waals surface area contributed by atoms with Crippen LogP contribution >= 0.6 is 11.6 Å². The van der Waals surface area contributed by atoms with Crippen molar-refractivity contribution in [2.24, 2.45) is 0 Å². The van der Waals surface area contributed by atoms with Crippen molar-refractivity contribution in [1.82, 2.24) is 24.3 Å². The van der Waals surface area contributed by atoms with Gasteiger partial charge in [-0.15, -0.1) is 0 Å². The first-order valence-electron chi connectivity index (χ1n) is 15.2. The third kappa shape index (κ3) is 6.86. The molecule has 0 bridgehead atoms. The molecule has 232 valence electrons. The fraction of sp³-hybridized carbons (Fsp3) is 0.531. The van der Waals surface area contributed by atoms with Crippen molar-refractivity contribution < 1.29 is 19.1 Å². The lowest BCUT2D eigenvalue weighted by molar-refractivity contribution is -0.130. The number of amides is 3. The molecule has 0 spiro atoms. The van der Waals surface area contributed by atoms with Crippen molar-refractivity contribution >= 4 is 40.3 Å². The van der Waals surface area contributed by atoms with Gasteiger partial charge in [-0.05, 0) is 57.1 Å². The van der Waals surface area contributed by atoms with E-state index >= 15 is 0 Å². The van der Waals surface area contributed by atoms with Gasteiger partial charge < -0.3 is 28.7 Å². The third-order valence-electron chi connectivity index (χ3n) is 8.49. The summed E-state index contributed by atoms with van der Waals surface area (Å²) >= 11 is 6.74. The monoisotopic (exact) mass is 610 g/mol. The standard InChI is InChI=1S/C32H43ClN6O4/c1-5-6-7-17-43-28-18-24(9-10-27(28)42-4)39-15-8-14-37(32(39)41)19-23-11-13-34-31-30(23)26(33)21-38(31)22-29(40)36-16-12-25(20-36)35(2)3/h9-11,13,18,21,25H,5-8,12,14-17,19-20,22H2,1-4H3/t25-/m1/s1. The average Bonchev–Trinajstić information content (AvgIpc) is 3.62. The van der Waals surface area contributed by atoms with E-state index in [0.29, 0.717) is 54.5 Å². The molecule has 43 heavy (non-hydrogen) atoms. The highest BCUT2D eigenvalue weighted by Crippen LogP contribution is 2.34. The molecule has 3 amide bonds. The van der Waals surface area contributed by atoms with E-state index in [1.54, 1.807) is 24.4 Å². The van der Waals surface area contributed by atoms with Crippen molar-refractivity contribution in [3.05, 3.63) is 47.2 Å². The molecule has 2 fully saturated rings. The van der Waals surface area contributed by atoms with Crippen LogP contribution in [0.4, 0.5) is 10.5 Å². The minimum Gasteiger partial charge on any atom is -0.493 e. The molecule has 4 heterocycles. The third-order valence-corrected chi connectivity index (χ3v) is 8.77. The molecule has 0 N–H and O–H groups in total. The molecule has 2 aromatic heterocycles. The number of methoxy groups -OCH3 is 1. The zero-order valence-electron chi connectivity index (χ0n) is 25.7. The van der Waals surface area contributed by atoms with Crippen molar-refractivity contribution in [3.63, 3.8) is 0 Å². The smallest absolute Gasteiger partial charge is 0.324 e. The molecule has 1 aromatic carbocycles. The van der Waals surface area contributed by atoms with E-state index in [9.17, 15) is 9.59 Å². The van der Waals surface area contributed by atoms with Gasteiger partial charge in [0, 0.05) is 68.3 Å². The number of likely N-dealkylation sites (N-methyl/N-ethyl adjacent to an activating group) is 1. The minimum atomic E-state index is -0.0754. The molecule has 3 aromatic rings. The number of anilines is 1. The van der Waals surface area contributed by atoms with Gasteiger partial charge in [0.25, 0.3) is 0 Å². The van der Waals surface area contributed by atoms with Gasteiger partial charge in [-0.3, -0.25) is 9.69 Å². The Balaban J connectivity index is 1.31. The van der Waals surface area contributed by atoms with Crippen LogP contribution in [0, 0.1) is 0 Å². The molecular weight excluding hydrogens is 568 g/mol. The van der Waals surface area contributed by atoms with Crippen molar-refractivity contribution in [2.75, 3.05) is 58.9 Å². The predicted octanol–water partition coefficient (Wildman–Crippen LogP) is 5.26. The number of rotatable bonds is 12. The second kappa shape index (κ2) is 13.9. The normalized spacial score (nSPS) is 17.4. The Labute approximate surface area is 259 Å². The number of halogens is 1. The van der Waals surface area contributed by atoms with Crippen LogP contribution in [0.25, 0.3) is 11.0 Å². The largest absolute Gasteiger partial charge is 0.493 e. The predicted molar refractivity (Wildman–Crippen MR) is 169 cm³/mol. The molecule has 1 atom stereocenters. The van der Waals surface area contributed by atoms with Crippen molar-refractivity contribution in [1.29, 1.82) is 0 Å². The maximum Gasteiger partial charge on any atom is 0.324 e. The van der Waals surface area contributed by atoms with Crippen LogP contribution in [-0.2, 0) is 17.9 Å². The van der Waals surface area contributed by atoms with Crippen molar-refractivity contribution in [3.8, 4) is 11.5 Å². The second-order valence-electron chi connectivity index (χ2n) is 11.6. The number of hydrogen-bond donors (Lipinski definition) is 0. The van der Waals surface area contributed by atoms with Crippen LogP contribution in [0.1, 0.15) is 44.6 Å². The van der Waals surface area contributed by atoms with E-state index in [1.165, 1.54) is 0 Å². The number of likely N-dealkylation sites (tertiary alicyclic amines) is 1. The Morgan fingerprint density at radius 2 is 1.98 bits per heavy atom. The van der Waals surface area contributed by atoms with Gasteiger partial charge in [0.15, 0.2) is 11.5 Å². The number of ether oxygens (including phenoxy) is 2. The van der Waals surface area contributed by atoms with E-state index in [-0.39, 0.29) is 18.5 Å². The van der Waals surface area contributed by atoms with Crippen LogP contribution in [-0.4, -0.2) is 96.2 Å². The number of carbonyl (C=O) groups excluding carboxylic acids is 2. The summed E-state index contributed by atoms with van der Waals surface area (Å²) in [6, 6.07) is 7.86. The summed E-state index contributed by atoms with van der Waals surface area (Å²) in [5.74, 6) is 1.35. The number of aromatic nitrogens is 2. The first kappa shape index (κ1) is 30.9. The number of unbranched alkanes of at least 4 members (excludes halogenated alkanes) is 2. The summed E-state index contributed by atoms with van der Waals surface area (Å²) in [6.45, 7) is 6.06. The average molecular weight is 611 g/mol. The summed E-state index contributed by atoms with van der Waals surface area (Å²) in [5, 5.41) is 1.31. The first-order chi connectivity index (χ1) is 20.8. The Kier molecular flexibility index (Phi) is 9.97. The Hall–Kier alpha value is -3.50. The lowest BCUT2D eigenvalue weighted by atomic mass is 10.1. The molecule has 10 nitrogen and oxygen atoms in total. The van der Waals surface area contributed by atoms with Crippen molar-refractivity contribution in [2.45, 2.75) is 58.2 Å². The fourth-order valence-corrected chi connectivity index (χ4v) is 6.30. The van der Waals surface area contributed by atoms with Gasteiger partial charge >= 0.3 is 6.03 Å². The highest BCUT2D eigenvalue weighted by atomic mass is 35.5. The molecular formula is C32H43ClN6O4. The van der Waals surface area contributed by atoms with Gasteiger partial charge in [0.2, 0.25) is 5.91 Å². The zero-order valence-corrected chi connectivity index (χ0v) is 26.5. The Morgan fingerprint density at radius 3 is 2.72 bits per heavy atom. The number of benzene rings is 1. The first-order valence-corrected chi connectivity index (χ1v) is 15.6. The molecule has 2 aliphatic heterocycles. The maximum atomic E-state index is 13.8. The van der Waals surface area contributed by atoms with Crippen LogP contribution in [0.15, 0.2) is 36.7 Å². The van der Waals surface area contributed by atoms with E-state index in [1.807, 2.05) is 52.7 Å². The Bertz CT molecular complexity index is 1440. The highest BCUT2D eigenvalue weighted by Gasteiger charge is 2.30. The van der Waals surface area contributed by atoms with Gasteiger partial charge in [0.1, 0.15) is 12.2 Å². The Morgan fingerprint density at radius 1 is 1.14 bits per heavy atom. The fourth-order valence-electron chi connectivity index (χ4n) is 5.97. The number of pyridine rings is 1. The molecule has 2 aliphatic rings. The zero-order chi connectivity index (χ0) is 30.5. The van der Waals surface area contributed by atoms with E-state index in [0.717, 1.165) is 61.8 Å². The summed E-state index contributed by atoms with van der Waals surface area (Å²) in [7, 11) is 5.72. The van der Waals surface area contributed by atoms with Crippen LogP contribution in [0.2, 0.25) is 5.02 Å².